The first-order valence-electron chi connectivity index (χ1n) is 7.29. The predicted octanol–water partition coefficient (Wildman–Crippen LogP) is 3.69. The Morgan fingerprint density at radius 1 is 1.30 bits per heavy atom. The van der Waals surface area contributed by atoms with Crippen LogP contribution in [-0.2, 0) is 11.8 Å². The Hall–Kier alpha value is -1.92. The number of benzene rings is 1. The van der Waals surface area contributed by atoms with Gasteiger partial charge in [-0.2, -0.15) is 5.10 Å². The molecule has 2 aromatic rings. The molecule has 0 N–H and O–H groups in total. The monoisotopic (exact) mass is 343 g/mol. The first kappa shape index (κ1) is 16.0. The van der Waals surface area contributed by atoms with Crippen molar-refractivity contribution in [1.29, 1.82) is 0 Å². The van der Waals surface area contributed by atoms with Gasteiger partial charge in [0.2, 0.25) is 0 Å². The summed E-state index contributed by atoms with van der Waals surface area (Å²) in [6.45, 7) is 3.98. The van der Waals surface area contributed by atoms with E-state index in [1.54, 1.807) is 15.8 Å². The van der Waals surface area contributed by atoms with Crippen molar-refractivity contribution in [3.05, 3.63) is 58.3 Å². The van der Waals surface area contributed by atoms with Crippen molar-refractivity contribution in [3.8, 4) is 0 Å². The molecule has 2 heterocycles. The number of hydrogen-bond donors (Lipinski definition) is 0. The van der Waals surface area contributed by atoms with Gasteiger partial charge in [-0.25, -0.2) is 0 Å². The van der Waals surface area contributed by atoms with Crippen molar-refractivity contribution in [2.75, 3.05) is 0 Å². The lowest BCUT2D eigenvalue weighted by atomic mass is 10.1. The van der Waals surface area contributed by atoms with Gasteiger partial charge in [0.05, 0.1) is 17.1 Å². The molecule has 1 aliphatic heterocycles. The first-order chi connectivity index (χ1) is 11.0. The molecule has 0 saturated carbocycles. The van der Waals surface area contributed by atoms with E-state index in [9.17, 15) is 4.79 Å². The molecule has 0 spiro atoms. The molecule has 1 atom stereocenters. The van der Waals surface area contributed by atoms with E-state index in [1.165, 1.54) is 11.8 Å². The Morgan fingerprint density at radius 2 is 2.00 bits per heavy atom. The zero-order valence-electron chi connectivity index (χ0n) is 13.2. The van der Waals surface area contributed by atoms with Crippen molar-refractivity contribution < 1.29 is 4.79 Å². The first-order valence-corrected chi connectivity index (χ1v) is 8.52. The smallest absolute Gasteiger partial charge is 0.266 e. The van der Waals surface area contributed by atoms with Crippen LogP contribution in [0.15, 0.2) is 41.4 Å². The standard InChI is InChI=1S/C17H17N3OS2/c1-11-14(10-18-19(11)3)9-15-16(21)20(17(22)23-15)12(2)13-7-5-4-6-8-13/h4-10,12H,1-3H3/b15-9+. The van der Waals surface area contributed by atoms with Crippen LogP contribution in [0, 0.1) is 6.92 Å². The van der Waals surface area contributed by atoms with Crippen LogP contribution in [0.2, 0.25) is 0 Å². The Morgan fingerprint density at radius 3 is 2.61 bits per heavy atom. The van der Waals surface area contributed by atoms with Crippen molar-refractivity contribution in [3.63, 3.8) is 0 Å². The number of thiocarbonyl (C=S) groups is 1. The van der Waals surface area contributed by atoms with Gasteiger partial charge in [0.25, 0.3) is 5.91 Å². The van der Waals surface area contributed by atoms with Gasteiger partial charge in [-0.15, -0.1) is 0 Å². The number of nitrogens with zero attached hydrogens (tertiary/aromatic N) is 3. The van der Waals surface area contributed by atoms with Gasteiger partial charge in [-0.3, -0.25) is 14.4 Å². The zero-order valence-corrected chi connectivity index (χ0v) is 14.8. The number of rotatable bonds is 3. The van der Waals surface area contributed by atoms with Crippen molar-refractivity contribution >= 4 is 40.3 Å². The van der Waals surface area contributed by atoms with Crippen LogP contribution in [0.5, 0.6) is 0 Å². The molecule has 0 bridgehead atoms. The molecule has 1 saturated heterocycles. The van der Waals surface area contributed by atoms with E-state index in [1.807, 2.05) is 57.3 Å². The van der Waals surface area contributed by atoms with Gasteiger partial charge in [0.15, 0.2) is 0 Å². The number of amides is 1. The molecule has 4 nitrogen and oxygen atoms in total. The van der Waals surface area contributed by atoms with Crippen LogP contribution in [0.3, 0.4) is 0 Å². The molecule has 1 aromatic carbocycles. The van der Waals surface area contributed by atoms with E-state index in [-0.39, 0.29) is 11.9 Å². The maximum Gasteiger partial charge on any atom is 0.266 e. The van der Waals surface area contributed by atoms with Crippen LogP contribution in [-0.4, -0.2) is 24.9 Å². The lowest BCUT2D eigenvalue weighted by Gasteiger charge is -2.23. The second-order valence-corrected chi connectivity index (χ2v) is 7.12. The molecule has 1 amide bonds. The second-order valence-electron chi connectivity index (χ2n) is 5.45. The molecule has 6 heteroatoms. The van der Waals surface area contributed by atoms with Crippen LogP contribution in [0.4, 0.5) is 0 Å². The topological polar surface area (TPSA) is 38.1 Å². The highest BCUT2D eigenvalue weighted by atomic mass is 32.2. The van der Waals surface area contributed by atoms with Gasteiger partial charge in [0, 0.05) is 18.3 Å². The van der Waals surface area contributed by atoms with E-state index in [4.69, 9.17) is 12.2 Å². The van der Waals surface area contributed by atoms with E-state index in [0.717, 1.165) is 16.8 Å². The third-order valence-electron chi connectivity index (χ3n) is 4.05. The molecular formula is C17H17N3OS2. The molecular weight excluding hydrogens is 326 g/mol. The highest BCUT2D eigenvalue weighted by Crippen LogP contribution is 2.38. The molecule has 1 aromatic heterocycles. The lowest BCUT2D eigenvalue weighted by Crippen LogP contribution is -2.30. The average Bonchev–Trinajstić information content (AvgIpc) is 3.01. The van der Waals surface area contributed by atoms with Crippen molar-refractivity contribution in [1.82, 2.24) is 14.7 Å². The summed E-state index contributed by atoms with van der Waals surface area (Å²) in [5.74, 6) is -0.0420. The zero-order chi connectivity index (χ0) is 16.6. The van der Waals surface area contributed by atoms with Gasteiger partial charge in [-0.1, -0.05) is 54.3 Å². The molecule has 0 aliphatic carbocycles. The summed E-state index contributed by atoms with van der Waals surface area (Å²) in [5, 5.41) is 4.21. The molecule has 1 aliphatic rings. The minimum absolute atomic E-state index is 0.0420. The van der Waals surface area contributed by atoms with Crippen molar-refractivity contribution in [2.24, 2.45) is 7.05 Å². The fourth-order valence-electron chi connectivity index (χ4n) is 2.49. The van der Waals surface area contributed by atoms with Gasteiger partial charge in [0.1, 0.15) is 4.32 Å². The maximum atomic E-state index is 12.8. The lowest BCUT2D eigenvalue weighted by molar-refractivity contribution is -0.123. The van der Waals surface area contributed by atoms with Crippen LogP contribution in [0.25, 0.3) is 6.08 Å². The largest absolute Gasteiger partial charge is 0.286 e. The summed E-state index contributed by atoms with van der Waals surface area (Å²) < 4.78 is 2.39. The van der Waals surface area contributed by atoms with Crippen LogP contribution in [0.1, 0.15) is 29.8 Å². The molecule has 23 heavy (non-hydrogen) atoms. The van der Waals surface area contributed by atoms with Gasteiger partial charge < -0.3 is 0 Å². The fraction of sp³-hybridized carbons (Fsp3) is 0.235. The Labute approximate surface area is 145 Å². The third-order valence-corrected chi connectivity index (χ3v) is 5.38. The van der Waals surface area contributed by atoms with Crippen molar-refractivity contribution in [2.45, 2.75) is 19.9 Å². The molecule has 1 fully saturated rings. The molecule has 3 rings (SSSR count). The number of hydrogen-bond acceptors (Lipinski definition) is 4. The highest BCUT2D eigenvalue weighted by molar-refractivity contribution is 8.26. The number of aryl methyl sites for hydroxylation is 1. The number of thioether (sulfide) groups is 1. The van der Waals surface area contributed by atoms with E-state index in [0.29, 0.717) is 9.23 Å². The summed E-state index contributed by atoms with van der Waals surface area (Å²) in [5.41, 5.74) is 3.04. The number of carbonyl (C=O) groups excluding carboxylic acids is 1. The number of aromatic nitrogens is 2. The molecule has 118 valence electrons. The quantitative estimate of drug-likeness (QED) is 0.629. The minimum Gasteiger partial charge on any atom is -0.286 e. The predicted molar refractivity (Wildman–Crippen MR) is 97.8 cm³/mol. The van der Waals surface area contributed by atoms with Gasteiger partial charge >= 0.3 is 0 Å². The molecule has 0 radical (unpaired) electrons. The SMILES string of the molecule is Cc1c(/C=C2/SC(=S)N(C(C)c3ccccc3)C2=O)cnn1C. The normalized spacial score (nSPS) is 18.0. The average molecular weight is 343 g/mol. The minimum atomic E-state index is -0.0791. The van der Waals surface area contributed by atoms with E-state index < -0.39 is 0 Å². The maximum absolute atomic E-state index is 12.8. The summed E-state index contributed by atoms with van der Waals surface area (Å²) in [7, 11) is 1.88. The van der Waals surface area contributed by atoms with E-state index in [2.05, 4.69) is 5.10 Å². The summed E-state index contributed by atoms with van der Waals surface area (Å²) in [6.07, 6.45) is 3.64. The Balaban J connectivity index is 1.90. The highest BCUT2D eigenvalue weighted by Gasteiger charge is 2.36. The van der Waals surface area contributed by atoms with Crippen LogP contribution >= 0.6 is 24.0 Å². The summed E-state index contributed by atoms with van der Waals surface area (Å²) >= 11 is 6.78. The second kappa shape index (κ2) is 6.29. The Bertz CT molecular complexity index is 795. The Kier molecular flexibility index (Phi) is 4.37. The fourth-order valence-corrected chi connectivity index (χ4v) is 3.90. The third kappa shape index (κ3) is 2.96. The summed E-state index contributed by atoms with van der Waals surface area (Å²) in [6, 6.07) is 9.85. The molecule has 1 unspecified atom stereocenters. The van der Waals surface area contributed by atoms with Crippen LogP contribution < -0.4 is 0 Å². The van der Waals surface area contributed by atoms with Gasteiger partial charge in [-0.05, 0) is 25.5 Å². The van der Waals surface area contributed by atoms with E-state index >= 15 is 0 Å². The summed E-state index contributed by atoms with van der Waals surface area (Å²) in [4.78, 5) is 15.1. The number of carbonyl (C=O) groups is 1.